The number of amides is 1. The topological polar surface area (TPSA) is 61.8 Å². The summed E-state index contributed by atoms with van der Waals surface area (Å²) in [6.45, 7) is 1.20. The molecule has 5 nitrogen and oxygen atoms in total. The average Bonchev–Trinajstić information content (AvgIpc) is 2.91. The number of hydrogen-bond acceptors (Lipinski definition) is 4. The van der Waals surface area contributed by atoms with E-state index < -0.39 is 24.2 Å². The van der Waals surface area contributed by atoms with E-state index >= 15 is 0 Å². The summed E-state index contributed by atoms with van der Waals surface area (Å²) in [4.78, 5) is 14.0. The molecule has 2 heterocycles. The van der Waals surface area contributed by atoms with Crippen molar-refractivity contribution in [1.29, 1.82) is 0 Å². The number of nitrogens with zero attached hydrogens (tertiary/aromatic N) is 1. The van der Waals surface area contributed by atoms with E-state index in [1.807, 2.05) is 11.0 Å². The first kappa shape index (κ1) is 17.3. The summed E-state index contributed by atoms with van der Waals surface area (Å²) < 4.78 is 31.9. The molecular weight excluding hydrogens is 318 g/mol. The molecule has 132 valence electrons. The Morgan fingerprint density at radius 3 is 2.62 bits per heavy atom. The first-order valence-electron chi connectivity index (χ1n) is 8.20. The molecule has 0 aliphatic carbocycles. The molecule has 0 aromatic heterocycles. The van der Waals surface area contributed by atoms with E-state index in [2.05, 4.69) is 5.32 Å². The van der Waals surface area contributed by atoms with Crippen LogP contribution >= 0.6 is 0 Å². The number of rotatable bonds is 4. The molecule has 1 aromatic carbocycles. The average molecular weight is 340 g/mol. The smallest absolute Gasteiger partial charge is 0.251 e. The second-order valence-corrected chi connectivity index (χ2v) is 6.46. The van der Waals surface area contributed by atoms with E-state index in [0.717, 1.165) is 0 Å². The third-order valence-electron chi connectivity index (χ3n) is 4.66. The Morgan fingerprint density at radius 1 is 1.29 bits per heavy atom. The van der Waals surface area contributed by atoms with Crippen molar-refractivity contribution in [3.8, 4) is 0 Å². The monoisotopic (exact) mass is 340 g/mol. The summed E-state index contributed by atoms with van der Waals surface area (Å²) in [5.41, 5.74) is 0.520. The highest BCUT2D eigenvalue weighted by Gasteiger charge is 2.40. The minimum Gasteiger partial charge on any atom is -0.388 e. The number of likely N-dealkylation sites (tertiary alicyclic amines) is 1. The Morgan fingerprint density at radius 2 is 1.96 bits per heavy atom. The standard InChI is InChI=1S/C17H22F2N2O3/c18-17(19)6-8-21(9-7-17)10-14-15(22)13(11-24-14)20-16(23)12-4-2-1-3-5-12/h1-5,13-15,22H,6-11H2,(H,20,23)/t13-,14-,15+/m0/s1. The van der Waals surface area contributed by atoms with Gasteiger partial charge < -0.3 is 20.1 Å². The van der Waals surface area contributed by atoms with Crippen LogP contribution in [0.4, 0.5) is 8.78 Å². The lowest BCUT2D eigenvalue weighted by molar-refractivity contribution is -0.0674. The molecule has 1 aromatic rings. The van der Waals surface area contributed by atoms with Crippen molar-refractivity contribution < 1.29 is 23.4 Å². The summed E-state index contributed by atoms with van der Waals surface area (Å²) in [6.07, 6.45) is -1.65. The number of piperidine rings is 1. The molecule has 0 bridgehead atoms. The van der Waals surface area contributed by atoms with E-state index in [9.17, 15) is 18.7 Å². The van der Waals surface area contributed by atoms with Crippen LogP contribution in [0.3, 0.4) is 0 Å². The predicted octanol–water partition coefficient (Wildman–Crippen LogP) is 1.28. The van der Waals surface area contributed by atoms with Crippen molar-refractivity contribution in [2.24, 2.45) is 0 Å². The van der Waals surface area contributed by atoms with Gasteiger partial charge in [0.1, 0.15) is 6.10 Å². The largest absolute Gasteiger partial charge is 0.388 e. The number of alkyl halides is 2. The third kappa shape index (κ3) is 4.09. The molecule has 2 aliphatic heterocycles. The zero-order valence-corrected chi connectivity index (χ0v) is 13.3. The fourth-order valence-corrected chi connectivity index (χ4v) is 3.13. The molecule has 0 unspecified atom stereocenters. The first-order valence-corrected chi connectivity index (χ1v) is 8.20. The van der Waals surface area contributed by atoms with Crippen LogP contribution in [-0.4, -0.2) is 66.3 Å². The van der Waals surface area contributed by atoms with Crippen LogP contribution in [0.15, 0.2) is 30.3 Å². The van der Waals surface area contributed by atoms with Gasteiger partial charge in [-0.2, -0.15) is 0 Å². The zero-order valence-electron chi connectivity index (χ0n) is 13.3. The second kappa shape index (κ2) is 7.13. The number of aliphatic hydroxyl groups excluding tert-OH is 1. The summed E-state index contributed by atoms with van der Waals surface area (Å²) in [5.74, 6) is -2.85. The van der Waals surface area contributed by atoms with Gasteiger partial charge in [-0.25, -0.2) is 8.78 Å². The van der Waals surface area contributed by atoms with Crippen molar-refractivity contribution in [2.75, 3.05) is 26.2 Å². The summed E-state index contributed by atoms with van der Waals surface area (Å²) in [5, 5.41) is 13.1. The number of aliphatic hydroxyl groups is 1. The SMILES string of the molecule is O=C(N[C@H]1CO[C@@H](CN2CCC(F)(F)CC2)[C@@H]1O)c1ccccc1. The van der Waals surface area contributed by atoms with Crippen LogP contribution in [0, 0.1) is 0 Å². The summed E-state index contributed by atoms with van der Waals surface area (Å²) >= 11 is 0. The van der Waals surface area contributed by atoms with Crippen LogP contribution < -0.4 is 5.32 Å². The highest BCUT2D eigenvalue weighted by molar-refractivity contribution is 5.94. The van der Waals surface area contributed by atoms with E-state index in [-0.39, 0.29) is 25.4 Å². The number of benzene rings is 1. The number of hydrogen-bond donors (Lipinski definition) is 2. The van der Waals surface area contributed by atoms with Crippen LogP contribution in [-0.2, 0) is 4.74 Å². The zero-order chi connectivity index (χ0) is 17.2. The molecule has 2 fully saturated rings. The molecule has 24 heavy (non-hydrogen) atoms. The maximum atomic E-state index is 13.2. The van der Waals surface area contributed by atoms with Crippen LogP contribution in [0.5, 0.6) is 0 Å². The Kier molecular flexibility index (Phi) is 5.12. The molecule has 3 atom stereocenters. The fourth-order valence-electron chi connectivity index (χ4n) is 3.13. The normalized spacial score (nSPS) is 30.2. The van der Waals surface area contributed by atoms with E-state index in [4.69, 9.17) is 4.74 Å². The predicted molar refractivity (Wildman–Crippen MR) is 84.1 cm³/mol. The molecule has 2 N–H and O–H groups in total. The molecular formula is C17H22F2N2O3. The van der Waals surface area contributed by atoms with Gasteiger partial charge in [-0.1, -0.05) is 18.2 Å². The number of nitrogens with one attached hydrogen (secondary N) is 1. The van der Waals surface area contributed by atoms with Crippen molar-refractivity contribution in [3.63, 3.8) is 0 Å². The van der Waals surface area contributed by atoms with Crippen molar-refractivity contribution in [2.45, 2.75) is 37.0 Å². The molecule has 7 heteroatoms. The van der Waals surface area contributed by atoms with Gasteiger partial charge >= 0.3 is 0 Å². The Bertz CT molecular complexity index is 560. The molecule has 2 aliphatic rings. The lowest BCUT2D eigenvalue weighted by Crippen LogP contribution is -2.48. The summed E-state index contributed by atoms with van der Waals surface area (Å²) in [7, 11) is 0. The van der Waals surface area contributed by atoms with E-state index in [0.29, 0.717) is 25.2 Å². The van der Waals surface area contributed by atoms with Gasteiger partial charge in [-0.3, -0.25) is 4.79 Å². The fraction of sp³-hybridized carbons (Fsp3) is 0.588. The quantitative estimate of drug-likeness (QED) is 0.867. The Hall–Kier alpha value is -1.57. The Labute approximate surface area is 139 Å². The number of carbonyl (C=O) groups excluding carboxylic acids is 1. The minimum atomic E-state index is -2.59. The van der Waals surface area contributed by atoms with Gasteiger partial charge in [-0.15, -0.1) is 0 Å². The van der Waals surface area contributed by atoms with Crippen molar-refractivity contribution in [3.05, 3.63) is 35.9 Å². The minimum absolute atomic E-state index is 0.163. The van der Waals surface area contributed by atoms with Crippen LogP contribution in [0.2, 0.25) is 0 Å². The van der Waals surface area contributed by atoms with Crippen LogP contribution in [0.25, 0.3) is 0 Å². The molecule has 0 spiro atoms. The Balaban J connectivity index is 1.50. The van der Waals surface area contributed by atoms with Gasteiger partial charge in [0.05, 0.1) is 18.8 Å². The molecule has 1 amide bonds. The highest BCUT2D eigenvalue weighted by atomic mass is 19.3. The van der Waals surface area contributed by atoms with Gasteiger partial charge in [0.25, 0.3) is 11.8 Å². The molecule has 0 radical (unpaired) electrons. The molecule has 0 saturated carbocycles. The van der Waals surface area contributed by atoms with Crippen LogP contribution in [0.1, 0.15) is 23.2 Å². The lowest BCUT2D eigenvalue weighted by Gasteiger charge is -2.33. The molecule has 2 saturated heterocycles. The summed E-state index contributed by atoms with van der Waals surface area (Å²) in [6, 6.07) is 8.26. The van der Waals surface area contributed by atoms with Gasteiger partial charge in [-0.05, 0) is 12.1 Å². The highest BCUT2D eigenvalue weighted by Crippen LogP contribution is 2.28. The van der Waals surface area contributed by atoms with Crippen molar-refractivity contribution in [1.82, 2.24) is 10.2 Å². The third-order valence-corrected chi connectivity index (χ3v) is 4.66. The van der Waals surface area contributed by atoms with E-state index in [1.54, 1.807) is 24.3 Å². The van der Waals surface area contributed by atoms with Gasteiger partial charge in [0, 0.05) is 38.0 Å². The van der Waals surface area contributed by atoms with Crippen molar-refractivity contribution >= 4 is 5.91 Å². The first-order chi connectivity index (χ1) is 11.4. The maximum absolute atomic E-state index is 13.2. The lowest BCUT2D eigenvalue weighted by atomic mass is 10.0. The van der Waals surface area contributed by atoms with Gasteiger partial charge in [0.15, 0.2) is 0 Å². The number of ether oxygens (including phenoxy) is 1. The molecule has 3 rings (SSSR count). The number of halogens is 2. The number of carbonyl (C=O) groups is 1. The van der Waals surface area contributed by atoms with Gasteiger partial charge in [0.2, 0.25) is 0 Å². The van der Waals surface area contributed by atoms with E-state index in [1.165, 1.54) is 0 Å². The second-order valence-electron chi connectivity index (χ2n) is 6.46. The maximum Gasteiger partial charge on any atom is 0.251 e.